The maximum absolute atomic E-state index is 12.5. The lowest BCUT2D eigenvalue weighted by molar-refractivity contribution is 0.180. The van der Waals surface area contributed by atoms with E-state index >= 15 is 0 Å². The number of urea groups is 1. The molecule has 3 heterocycles. The normalized spacial score (nSPS) is 18.5. The summed E-state index contributed by atoms with van der Waals surface area (Å²) in [4.78, 5) is 14.3. The highest BCUT2D eigenvalue weighted by Gasteiger charge is 2.26. The van der Waals surface area contributed by atoms with E-state index in [0.29, 0.717) is 30.0 Å². The number of piperidine rings is 1. The van der Waals surface area contributed by atoms with Crippen molar-refractivity contribution < 1.29 is 9.32 Å². The van der Waals surface area contributed by atoms with Gasteiger partial charge >= 0.3 is 6.03 Å². The predicted octanol–water partition coefficient (Wildman–Crippen LogP) is 3.27. The monoisotopic (exact) mass is 349 g/mol. The molecule has 24 heavy (non-hydrogen) atoms. The Balaban J connectivity index is 1.35. The number of aryl methyl sites for hydroxylation is 1. The first-order valence-corrected chi connectivity index (χ1v) is 8.81. The minimum Gasteiger partial charge on any atom is -0.359 e. The molecule has 0 atom stereocenters. The van der Waals surface area contributed by atoms with Crippen molar-refractivity contribution in [1.29, 1.82) is 0 Å². The molecular weight excluding hydrogens is 330 g/mol. The number of carbonyl (C=O) groups is 1. The quantitative estimate of drug-likeness (QED) is 0.902. The fourth-order valence-corrected chi connectivity index (χ4v) is 3.65. The summed E-state index contributed by atoms with van der Waals surface area (Å²) in [7, 11) is 0. The number of halogens is 1. The molecule has 2 aromatic rings. The number of nitrogens with one attached hydrogen (secondary N) is 1. The lowest BCUT2D eigenvalue weighted by Crippen LogP contribution is -2.41. The van der Waals surface area contributed by atoms with Gasteiger partial charge in [0.15, 0.2) is 5.82 Å². The third kappa shape index (κ3) is 3.00. The molecule has 8 heteroatoms. The topological polar surface area (TPSA) is 76.2 Å². The van der Waals surface area contributed by atoms with Crippen LogP contribution >= 0.6 is 11.6 Å². The number of aromatic nitrogens is 3. The molecule has 0 spiro atoms. The zero-order chi connectivity index (χ0) is 16.5. The molecule has 7 nitrogen and oxygen atoms in total. The van der Waals surface area contributed by atoms with Crippen LogP contribution in [0.4, 0.5) is 10.6 Å². The van der Waals surface area contributed by atoms with E-state index in [-0.39, 0.29) is 6.03 Å². The second-order valence-corrected chi connectivity index (χ2v) is 6.86. The smallest absolute Gasteiger partial charge is 0.323 e. The van der Waals surface area contributed by atoms with E-state index in [0.717, 1.165) is 49.8 Å². The van der Waals surface area contributed by atoms with Gasteiger partial charge in [0, 0.05) is 31.3 Å². The molecule has 0 aromatic carbocycles. The van der Waals surface area contributed by atoms with Gasteiger partial charge in [-0.05, 0) is 32.1 Å². The van der Waals surface area contributed by atoms with Gasteiger partial charge in [-0.15, -0.1) is 0 Å². The number of rotatable bonds is 2. The number of hydrogen-bond acceptors (Lipinski definition) is 4. The zero-order valence-electron chi connectivity index (χ0n) is 13.4. The Hall–Kier alpha value is -2.02. The van der Waals surface area contributed by atoms with Crippen LogP contribution in [0.15, 0.2) is 16.9 Å². The van der Waals surface area contributed by atoms with Crippen molar-refractivity contribution in [3.8, 4) is 0 Å². The molecule has 2 amide bonds. The summed E-state index contributed by atoms with van der Waals surface area (Å²) in [6, 6.07) is 0.190. The van der Waals surface area contributed by atoms with Gasteiger partial charge in [-0.2, -0.15) is 5.10 Å². The summed E-state index contributed by atoms with van der Waals surface area (Å²) >= 11 is 5.92. The highest BCUT2D eigenvalue weighted by atomic mass is 35.5. The van der Waals surface area contributed by atoms with Gasteiger partial charge < -0.3 is 9.42 Å². The van der Waals surface area contributed by atoms with Crippen LogP contribution in [0.5, 0.6) is 0 Å². The first-order valence-electron chi connectivity index (χ1n) is 8.44. The molecule has 1 aliphatic carbocycles. The predicted molar refractivity (Wildman–Crippen MR) is 89.2 cm³/mol. The number of anilines is 1. The van der Waals surface area contributed by atoms with Crippen LogP contribution in [0, 0.1) is 0 Å². The Kier molecular flexibility index (Phi) is 4.18. The molecule has 0 unspecified atom stereocenters. The average Bonchev–Trinajstić information content (AvgIpc) is 3.22. The maximum Gasteiger partial charge on any atom is 0.323 e. The van der Waals surface area contributed by atoms with Gasteiger partial charge in [0.2, 0.25) is 0 Å². The Morgan fingerprint density at radius 2 is 2.08 bits per heavy atom. The van der Waals surface area contributed by atoms with Gasteiger partial charge in [-0.25, -0.2) is 4.79 Å². The van der Waals surface area contributed by atoms with Crippen molar-refractivity contribution in [3.63, 3.8) is 0 Å². The minimum absolute atomic E-state index is 0.103. The number of nitrogens with zero attached hydrogens (tertiary/aromatic N) is 4. The summed E-state index contributed by atoms with van der Waals surface area (Å²) in [5.74, 6) is 1.52. The van der Waals surface area contributed by atoms with Gasteiger partial charge in [0.25, 0.3) is 0 Å². The first kappa shape index (κ1) is 15.5. The van der Waals surface area contributed by atoms with Crippen molar-refractivity contribution >= 4 is 23.4 Å². The molecule has 2 aromatic heterocycles. The second-order valence-electron chi connectivity index (χ2n) is 6.43. The Morgan fingerprint density at radius 3 is 2.83 bits per heavy atom. The van der Waals surface area contributed by atoms with Crippen LogP contribution in [0.1, 0.15) is 43.0 Å². The Labute approximate surface area is 144 Å². The first-order chi connectivity index (χ1) is 11.7. The van der Waals surface area contributed by atoms with Gasteiger partial charge in [0.1, 0.15) is 5.76 Å². The van der Waals surface area contributed by atoms with E-state index in [1.807, 2.05) is 15.8 Å². The van der Waals surface area contributed by atoms with E-state index in [9.17, 15) is 4.79 Å². The third-order valence-corrected chi connectivity index (χ3v) is 5.07. The number of fused-ring (bicyclic) bond motifs is 1. The van der Waals surface area contributed by atoms with Crippen LogP contribution in [0.25, 0.3) is 0 Å². The Bertz CT molecular complexity index is 733. The summed E-state index contributed by atoms with van der Waals surface area (Å²) in [5, 5.41) is 11.9. The molecule has 1 fully saturated rings. The van der Waals surface area contributed by atoms with Crippen LogP contribution in [-0.4, -0.2) is 39.0 Å². The highest BCUT2D eigenvalue weighted by Crippen LogP contribution is 2.28. The number of amides is 2. The van der Waals surface area contributed by atoms with Crippen molar-refractivity contribution in [1.82, 2.24) is 19.8 Å². The van der Waals surface area contributed by atoms with Crippen molar-refractivity contribution in [2.24, 2.45) is 0 Å². The average molecular weight is 350 g/mol. The fraction of sp³-hybridized carbons (Fsp3) is 0.562. The molecule has 4 rings (SSSR count). The SMILES string of the molecule is O=C(Nc1noc2c1CCCC2)N1CCC(n2cc(Cl)cn2)CC1. The van der Waals surface area contributed by atoms with Crippen LogP contribution in [0.3, 0.4) is 0 Å². The summed E-state index contributed by atoms with van der Waals surface area (Å²) in [6.45, 7) is 1.38. The second kappa shape index (κ2) is 6.47. The van der Waals surface area contributed by atoms with Gasteiger partial charge in [0.05, 0.1) is 17.3 Å². The van der Waals surface area contributed by atoms with Crippen molar-refractivity contribution in [3.05, 3.63) is 28.7 Å². The van der Waals surface area contributed by atoms with Gasteiger partial charge in [-0.3, -0.25) is 10.00 Å². The number of hydrogen-bond donors (Lipinski definition) is 1. The molecule has 0 radical (unpaired) electrons. The maximum atomic E-state index is 12.5. The van der Waals surface area contributed by atoms with Crippen LogP contribution < -0.4 is 5.32 Å². The molecule has 1 aliphatic heterocycles. The van der Waals surface area contributed by atoms with E-state index in [4.69, 9.17) is 16.1 Å². The fourth-order valence-electron chi connectivity index (χ4n) is 3.51. The van der Waals surface area contributed by atoms with Crippen molar-refractivity contribution in [2.45, 2.75) is 44.6 Å². The minimum atomic E-state index is -0.103. The van der Waals surface area contributed by atoms with Crippen LogP contribution in [-0.2, 0) is 12.8 Å². The summed E-state index contributed by atoms with van der Waals surface area (Å²) < 4.78 is 7.24. The molecule has 0 saturated carbocycles. The van der Waals surface area contributed by atoms with E-state index < -0.39 is 0 Å². The molecule has 2 aliphatic rings. The number of carbonyl (C=O) groups excluding carboxylic acids is 1. The molecule has 1 saturated heterocycles. The molecule has 128 valence electrons. The number of likely N-dealkylation sites (tertiary alicyclic amines) is 1. The van der Waals surface area contributed by atoms with E-state index in [2.05, 4.69) is 15.6 Å². The third-order valence-electron chi connectivity index (χ3n) is 4.87. The standard InChI is InChI=1S/C16H20ClN5O2/c17-11-9-18-22(10-11)12-5-7-21(8-6-12)16(23)19-15-13-3-1-2-4-14(13)24-20-15/h9-10,12H,1-8H2,(H,19,20,23). The Morgan fingerprint density at radius 1 is 1.29 bits per heavy atom. The largest absolute Gasteiger partial charge is 0.359 e. The zero-order valence-corrected chi connectivity index (χ0v) is 14.1. The molecule has 1 N–H and O–H groups in total. The van der Waals surface area contributed by atoms with Crippen molar-refractivity contribution in [2.75, 3.05) is 18.4 Å². The van der Waals surface area contributed by atoms with E-state index in [1.54, 1.807) is 6.20 Å². The summed E-state index contributed by atoms with van der Waals surface area (Å²) in [5.41, 5.74) is 1.07. The molecule has 0 bridgehead atoms. The lowest BCUT2D eigenvalue weighted by atomic mass is 9.98. The van der Waals surface area contributed by atoms with E-state index in [1.165, 1.54) is 0 Å². The van der Waals surface area contributed by atoms with Crippen LogP contribution in [0.2, 0.25) is 5.02 Å². The highest BCUT2D eigenvalue weighted by molar-refractivity contribution is 6.30. The summed E-state index contributed by atoms with van der Waals surface area (Å²) in [6.07, 6.45) is 9.30. The molecular formula is C16H20ClN5O2. The van der Waals surface area contributed by atoms with Gasteiger partial charge in [-0.1, -0.05) is 16.8 Å². The lowest BCUT2D eigenvalue weighted by Gasteiger charge is -2.31.